The van der Waals surface area contributed by atoms with Crippen molar-refractivity contribution in [3.63, 3.8) is 0 Å². The van der Waals surface area contributed by atoms with Crippen LogP contribution in [0.3, 0.4) is 0 Å². The third-order valence-electron chi connectivity index (χ3n) is 1.09. The molecule has 0 amide bonds. The molecule has 1 atom stereocenters. The fraction of sp³-hybridized carbons (Fsp3) is 0.750. The van der Waals surface area contributed by atoms with Crippen LogP contribution < -0.4 is 5.43 Å². The van der Waals surface area contributed by atoms with Gasteiger partial charge in [0.25, 0.3) is 0 Å². The first-order valence-electron chi connectivity index (χ1n) is 2.71. The van der Waals surface area contributed by atoms with E-state index in [4.69, 9.17) is 0 Å². The largest absolute Gasteiger partial charge is 0.299 e. The Morgan fingerprint density at radius 1 is 1.70 bits per heavy atom. The van der Waals surface area contributed by atoms with E-state index in [0.29, 0.717) is 0 Å². The highest BCUT2D eigenvalue weighted by Crippen LogP contribution is 2.01. The lowest BCUT2D eigenvalue weighted by molar-refractivity contribution is 0.394. The third-order valence-corrected chi connectivity index (χ3v) is 2.13. The normalized spacial score (nSPS) is 25.8. The van der Waals surface area contributed by atoms with Crippen molar-refractivity contribution in [3.05, 3.63) is 0 Å². The highest BCUT2D eigenvalue weighted by atomic mass is 32.2. The summed E-state index contributed by atoms with van der Waals surface area (Å²) in [5, 5.41) is 1.51. The minimum absolute atomic E-state index is 0.794. The molecule has 0 aliphatic carbocycles. The van der Waals surface area contributed by atoms with Gasteiger partial charge in [-0.15, -0.1) is 0 Å². The topological polar surface area (TPSA) is 61.8 Å². The lowest BCUT2D eigenvalue weighted by atomic mass is 11.1. The predicted molar refractivity (Wildman–Crippen MR) is 38.0 cm³/mol. The summed E-state index contributed by atoms with van der Waals surface area (Å²) in [4.78, 5) is 3.69. The first-order chi connectivity index (χ1) is 4.50. The van der Waals surface area contributed by atoms with Crippen molar-refractivity contribution >= 4 is 16.2 Å². The van der Waals surface area contributed by atoms with Gasteiger partial charge < -0.3 is 0 Å². The molecular formula is C4H9N3O2S. The Hall–Kier alpha value is -0.620. The SMILES string of the molecule is CN1C=NC(S(C)(=O)=O)N1. The Morgan fingerprint density at radius 3 is 2.50 bits per heavy atom. The summed E-state index contributed by atoms with van der Waals surface area (Å²) < 4.78 is 21.6. The van der Waals surface area contributed by atoms with Crippen molar-refractivity contribution in [2.24, 2.45) is 4.99 Å². The first-order valence-corrected chi connectivity index (χ1v) is 4.67. The molecule has 1 heterocycles. The summed E-state index contributed by atoms with van der Waals surface area (Å²) in [6.45, 7) is 0. The smallest absolute Gasteiger partial charge is 0.220 e. The zero-order valence-electron chi connectivity index (χ0n) is 5.77. The van der Waals surface area contributed by atoms with Crippen molar-refractivity contribution in [1.82, 2.24) is 10.4 Å². The van der Waals surface area contributed by atoms with Gasteiger partial charge >= 0.3 is 0 Å². The molecule has 5 nitrogen and oxygen atoms in total. The fourth-order valence-electron chi connectivity index (χ4n) is 0.608. The zero-order valence-corrected chi connectivity index (χ0v) is 6.59. The monoisotopic (exact) mass is 163 g/mol. The molecule has 1 unspecified atom stereocenters. The van der Waals surface area contributed by atoms with E-state index >= 15 is 0 Å². The van der Waals surface area contributed by atoms with Gasteiger partial charge in [0.2, 0.25) is 5.50 Å². The van der Waals surface area contributed by atoms with Gasteiger partial charge in [0.05, 0.1) is 0 Å². The molecule has 0 radical (unpaired) electrons. The van der Waals surface area contributed by atoms with E-state index in [2.05, 4.69) is 10.4 Å². The second kappa shape index (κ2) is 2.21. The third kappa shape index (κ3) is 1.45. The summed E-state index contributed by atoms with van der Waals surface area (Å²) in [6.07, 6.45) is 2.58. The first kappa shape index (κ1) is 7.49. The molecule has 0 saturated carbocycles. The molecule has 58 valence electrons. The molecule has 1 aliphatic heterocycles. The summed E-state index contributed by atoms with van der Waals surface area (Å²) in [7, 11) is -1.40. The number of hydrogen-bond acceptors (Lipinski definition) is 5. The molecular weight excluding hydrogens is 154 g/mol. The molecule has 6 heteroatoms. The van der Waals surface area contributed by atoms with Gasteiger partial charge in [-0.2, -0.15) is 5.43 Å². The standard InChI is InChI=1S/C4H9N3O2S/c1-7-3-5-4(6-7)10(2,8)9/h3-4,6H,1-2H3. The van der Waals surface area contributed by atoms with E-state index < -0.39 is 15.3 Å². The van der Waals surface area contributed by atoms with Gasteiger partial charge in [0.15, 0.2) is 9.84 Å². The lowest BCUT2D eigenvalue weighted by Crippen LogP contribution is -2.38. The number of rotatable bonds is 1. The van der Waals surface area contributed by atoms with E-state index in [1.807, 2.05) is 0 Å². The highest BCUT2D eigenvalue weighted by Gasteiger charge is 2.23. The van der Waals surface area contributed by atoms with E-state index in [-0.39, 0.29) is 0 Å². The molecule has 0 bridgehead atoms. The Morgan fingerprint density at radius 2 is 2.30 bits per heavy atom. The number of nitrogens with one attached hydrogen (secondary N) is 1. The summed E-state index contributed by atoms with van der Waals surface area (Å²) in [5.74, 6) is 0. The average Bonchev–Trinajstić information content (AvgIpc) is 2.11. The van der Waals surface area contributed by atoms with E-state index in [1.165, 1.54) is 11.3 Å². The Labute approximate surface area is 59.6 Å². The number of nitrogens with zero attached hydrogens (tertiary/aromatic N) is 2. The molecule has 0 fully saturated rings. The van der Waals surface area contributed by atoms with Crippen LogP contribution in [0.1, 0.15) is 0 Å². The Bertz CT molecular complexity index is 245. The van der Waals surface area contributed by atoms with Crippen LogP contribution >= 0.6 is 0 Å². The summed E-state index contributed by atoms with van der Waals surface area (Å²) in [6, 6.07) is 0. The van der Waals surface area contributed by atoms with Gasteiger partial charge in [-0.25, -0.2) is 13.4 Å². The zero-order chi connectivity index (χ0) is 7.78. The van der Waals surface area contributed by atoms with Crippen LogP contribution in [0.25, 0.3) is 0 Å². The van der Waals surface area contributed by atoms with Crippen LogP contribution in [-0.2, 0) is 9.84 Å². The molecule has 0 spiro atoms. The van der Waals surface area contributed by atoms with Crippen LogP contribution in [0.5, 0.6) is 0 Å². The second-order valence-electron chi connectivity index (χ2n) is 2.19. The predicted octanol–water partition coefficient (Wildman–Crippen LogP) is -1.21. The van der Waals surface area contributed by atoms with Crippen molar-refractivity contribution in [1.29, 1.82) is 0 Å². The van der Waals surface area contributed by atoms with Crippen molar-refractivity contribution in [2.45, 2.75) is 5.50 Å². The maximum atomic E-state index is 10.8. The molecule has 0 aromatic rings. The van der Waals surface area contributed by atoms with E-state index in [1.54, 1.807) is 7.05 Å². The average molecular weight is 163 g/mol. The van der Waals surface area contributed by atoms with Gasteiger partial charge in [-0.1, -0.05) is 0 Å². The second-order valence-corrected chi connectivity index (χ2v) is 4.29. The molecule has 0 aromatic carbocycles. The van der Waals surface area contributed by atoms with Crippen LogP contribution in [0, 0.1) is 0 Å². The number of hydrogen-bond donors (Lipinski definition) is 1. The van der Waals surface area contributed by atoms with Crippen molar-refractivity contribution < 1.29 is 8.42 Å². The number of hydrazine groups is 1. The Balaban J connectivity index is 2.73. The van der Waals surface area contributed by atoms with Gasteiger partial charge in [-0.3, -0.25) is 5.01 Å². The maximum absolute atomic E-state index is 10.8. The molecule has 1 aliphatic rings. The van der Waals surface area contributed by atoms with E-state index in [0.717, 1.165) is 6.26 Å². The van der Waals surface area contributed by atoms with Gasteiger partial charge in [0.1, 0.15) is 6.34 Å². The van der Waals surface area contributed by atoms with Crippen LogP contribution in [-0.4, -0.2) is 38.6 Å². The maximum Gasteiger partial charge on any atom is 0.220 e. The molecule has 10 heavy (non-hydrogen) atoms. The highest BCUT2D eigenvalue weighted by molar-refractivity contribution is 7.91. The molecule has 1 N–H and O–H groups in total. The van der Waals surface area contributed by atoms with Gasteiger partial charge in [-0.05, 0) is 0 Å². The lowest BCUT2D eigenvalue weighted by Gasteiger charge is -2.09. The molecule has 0 aromatic heterocycles. The van der Waals surface area contributed by atoms with Crippen molar-refractivity contribution in [3.8, 4) is 0 Å². The van der Waals surface area contributed by atoms with Crippen LogP contribution in [0.4, 0.5) is 0 Å². The Kier molecular flexibility index (Phi) is 1.65. The summed E-state index contributed by atoms with van der Waals surface area (Å²) in [5.41, 5.74) is 1.82. The fourth-order valence-corrected chi connectivity index (χ4v) is 1.24. The van der Waals surface area contributed by atoms with Crippen molar-refractivity contribution in [2.75, 3.05) is 13.3 Å². The molecule has 0 saturated heterocycles. The van der Waals surface area contributed by atoms with Gasteiger partial charge in [0, 0.05) is 13.3 Å². The minimum Gasteiger partial charge on any atom is -0.299 e. The summed E-state index contributed by atoms with van der Waals surface area (Å²) >= 11 is 0. The van der Waals surface area contributed by atoms with E-state index in [9.17, 15) is 8.42 Å². The quantitative estimate of drug-likeness (QED) is 0.527. The number of aliphatic imine (C=N–C) groups is 1. The van der Waals surface area contributed by atoms with Crippen LogP contribution in [0.2, 0.25) is 0 Å². The molecule has 1 rings (SSSR count). The minimum atomic E-state index is -3.09. The number of sulfone groups is 1. The van der Waals surface area contributed by atoms with Crippen LogP contribution in [0.15, 0.2) is 4.99 Å².